The van der Waals surface area contributed by atoms with E-state index in [0.29, 0.717) is 25.0 Å². The first kappa shape index (κ1) is 12.4. The fourth-order valence-electron chi connectivity index (χ4n) is 2.84. The summed E-state index contributed by atoms with van der Waals surface area (Å²) in [6, 6.07) is 7.94. The maximum Gasteiger partial charge on any atom is 0.290 e. The minimum atomic E-state index is -0.199. The van der Waals surface area contributed by atoms with Crippen LogP contribution < -0.4 is 0 Å². The molecule has 0 atom stereocenters. The van der Waals surface area contributed by atoms with Gasteiger partial charge in [-0.05, 0) is 25.0 Å². The summed E-state index contributed by atoms with van der Waals surface area (Å²) in [7, 11) is 0. The lowest BCUT2D eigenvalue weighted by Crippen LogP contribution is -2.53. The zero-order chi connectivity index (χ0) is 14.4. The van der Waals surface area contributed by atoms with E-state index >= 15 is 0 Å². The molecule has 108 valence electrons. The third kappa shape index (κ3) is 2.16. The SMILES string of the molecule is O=C(c1nc2ccccc2[nH]1)N1CCN(C2CC2)C(=O)C1. The fraction of sp³-hybridized carbons (Fsp3) is 0.400. The summed E-state index contributed by atoms with van der Waals surface area (Å²) < 4.78 is 0. The molecule has 2 aliphatic rings. The molecule has 0 spiro atoms. The Hall–Kier alpha value is -2.37. The molecule has 1 aliphatic carbocycles. The zero-order valence-electron chi connectivity index (χ0n) is 11.6. The second kappa shape index (κ2) is 4.58. The van der Waals surface area contributed by atoms with Gasteiger partial charge in [0.05, 0.1) is 11.0 Å². The Morgan fingerprint density at radius 2 is 2.05 bits per heavy atom. The molecule has 2 heterocycles. The number of nitrogens with one attached hydrogen (secondary N) is 1. The van der Waals surface area contributed by atoms with E-state index < -0.39 is 0 Å². The Kier molecular flexibility index (Phi) is 2.70. The molecular formula is C15H16N4O2. The topological polar surface area (TPSA) is 69.3 Å². The molecule has 6 heteroatoms. The summed E-state index contributed by atoms with van der Waals surface area (Å²) >= 11 is 0. The number of aromatic nitrogens is 2. The van der Waals surface area contributed by atoms with E-state index in [4.69, 9.17) is 0 Å². The number of hydrogen-bond acceptors (Lipinski definition) is 3. The summed E-state index contributed by atoms with van der Waals surface area (Å²) in [5.74, 6) is 0.159. The van der Waals surface area contributed by atoms with Crippen molar-refractivity contribution in [3.05, 3.63) is 30.1 Å². The number of fused-ring (bicyclic) bond motifs is 1. The van der Waals surface area contributed by atoms with E-state index in [2.05, 4.69) is 9.97 Å². The molecule has 2 amide bonds. The van der Waals surface area contributed by atoms with Gasteiger partial charge < -0.3 is 14.8 Å². The number of para-hydroxylation sites is 2. The molecule has 1 aromatic carbocycles. The summed E-state index contributed by atoms with van der Waals surface area (Å²) in [4.78, 5) is 35.4. The summed E-state index contributed by atoms with van der Waals surface area (Å²) in [5.41, 5.74) is 1.60. The first-order valence-electron chi connectivity index (χ1n) is 7.26. The lowest BCUT2D eigenvalue weighted by atomic mass is 10.3. The lowest BCUT2D eigenvalue weighted by molar-refractivity contribution is -0.135. The van der Waals surface area contributed by atoms with Crippen LogP contribution in [-0.4, -0.2) is 57.3 Å². The Bertz CT molecular complexity index is 686. The zero-order valence-corrected chi connectivity index (χ0v) is 11.6. The Morgan fingerprint density at radius 3 is 2.76 bits per heavy atom. The highest BCUT2D eigenvalue weighted by atomic mass is 16.2. The van der Waals surface area contributed by atoms with Crippen LogP contribution >= 0.6 is 0 Å². The van der Waals surface area contributed by atoms with Crippen molar-refractivity contribution >= 4 is 22.8 Å². The van der Waals surface area contributed by atoms with Gasteiger partial charge in [0, 0.05) is 19.1 Å². The van der Waals surface area contributed by atoms with Crippen molar-refractivity contribution in [2.75, 3.05) is 19.6 Å². The fourth-order valence-corrected chi connectivity index (χ4v) is 2.84. The van der Waals surface area contributed by atoms with Gasteiger partial charge in [0.1, 0.15) is 6.54 Å². The number of carbonyl (C=O) groups is 2. The Labute approximate surface area is 121 Å². The van der Waals surface area contributed by atoms with E-state index in [0.717, 1.165) is 23.9 Å². The number of imidazole rings is 1. The summed E-state index contributed by atoms with van der Waals surface area (Å²) in [6.07, 6.45) is 2.20. The molecule has 6 nitrogen and oxygen atoms in total. The quantitative estimate of drug-likeness (QED) is 0.894. The normalized spacial score (nSPS) is 19.3. The highest BCUT2D eigenvalue weighted by Gasteiger charge is 2.37. The maximum atomic E-state index is 12.5. The molecule has 4 rings (SSSR count). The standard InChI is InChI=1S/C15H16N4O2/c20-13-9-18(7-8-19(13)10-5-6-10)15(21)14-16-11-3-1-2-4-12(11)17-14/h1-4,10H,5-9H2,(H,16,17). The monoisotopic (exact) mass is 284 g/mol. The van der Waals surface area contributed by atoms with E-state index in [1.54, 1.807) is 4.90 Å². The van der Waals surface area contributed by atoms with Crippen molar-refractivity contribution in [1.29, 1.82) is 0 Å². The van der Waals surface area contributed by atoms with Crippen molar-refractivity contribution in [3.8, 4) is 0 Å². The number of piperazine rings is 1. The minimum absolute atomic E-state index is 0.0493. The van der Waals surface area contributed by atoms with Gasteiger partial charge >= 0.3 is 0 Å². The highest BCUT2D eigenvalue weighted by Crippen LogP contribution is 2.28. The number of benzene rings is 1. The number of H-pyrrole nitrogens is 1. The molecule has 21 heavy (non-hydrogen) atoms. The Balaban J connectivity index is 1.53. The number of hydrogen-bond donors (Lipinski definition) is 1. The molecule has 2 aromatic rings. The van der Waals surface area contributed by atoms with Crippen molar-refractivity contribution in [1.82, 2.24) is 19.8 Å². The van der Waals surface area contributed by atoms with Crippen LogP contribution in [0.2, 0.25) is 0 Å². The number of nitrogens with zero attached hydrogens (tertiary/aromatic N) is 3. The van der Waals surface area contributed by atoms with Crippen LogP contribution in [0, 0.1) is 0 Å². The average Bonchev–Trinajstić information content (AvgIpc) is 3.24. The molecule has 1 aromatic heterocycles. The number of aromatic amines is 1. The minimum Gasteiger partial charge on any atom is -0.336 e. The van der Waals surface area contributed by atoms with Gasteiger partial charge in [0.25, 0.3) is 5.91 Å². The van der Waals surface area contributed by atoms with Crippen LogP contribution in [0.1, 0.15) is 23.5 Å². The van der Waals surface area contributed by atoms with Gasteiger partial charge in [0.2, 0.25) is 5.91 Å². The smallest absolute Gasteiger partial charge is 0.290 e. The largest absolute Gasteiger partial charge is 0.336 e. The highest BCUT2D eigenvalue weighted by molar-refractivity contribution is 5.96. The van der Waals surface area contributed by atoms with Gasteiger partial charge in [-0.1, -0.05) is 12.1 Å². The van der Waals surface area contributed by atoms with E-state index in [9.17, 15) is 9.59 Å². The Morgan fingerprint density at radius 1 is 1.24 bits per heavy atom. The van der Waals surface area contributed by atoms with Gasteiger partial charge in [-0.3, -0.25) is 9.59 Å². The predicted octanol–water partition coefficient (Wildman–Crippen LogP) is 1.01. The number of rotatable bonds is 2. The van der Waals surface area contributed by atoms with E-state index in [-0.39, 0.29) is 18.4 Å². The number of amides is 2. The third-order valence-electron chi connectivity index (χ3n) is 4.12. The van der Waals surface area contributed by atoms with Gasteiger partial charge in [0.15, 0.2) is 5.82 Å². The van der Waals surface area contributed by atoms with Crippen LogP contribution in [0.15, 0.2) is 24.3 Å². The van der Waals surface area contributed by atoms with Gasteiger partial charge in [-0.2, -0.15) is 0 Å². The second-order valence-electron chi connectivity index (χ2n) is 5.65. The second-order valence-corrected chi connectivity index (χ2v) is 5.65. The number of carbonyl (C=O) groups excluding carboxylic acids is 2. The summed E-state index contributed by atoms with van der Waals surface area (Å²) in [5, 5.41) is 0. The molecule has 0 unspecified atom stereocenters. The van der Waals surface area contributed by atoms with E-state index in [1.165, 1.54) is 0 Å². The molecule has 1 saturated carbocycles. The first-order valence-corrected chi connectivity index (χ1v) is 7.26. The average molecular weight is 284 g/mol. The first-order chi connectivity index (χ1) is 10.2. The molecule has 0 radical (unpaired) electrons. The molecule has 1 N–H and O–H groups in total. The molecule has 1 saturated heterocycles. The lowest BCUT2D eigenvalue weighted by Gasteiger charge is -2.34. The van der Waals surface area contributed by atoms with Crippen LogP contribution in [0.5, 0.6) is 0 Å². The van der Waals surface area contributed by atoms with Crippen molar-refractivity contribution in [3.63, 3.8) is 0 Å². The molecule has 1 aliphatic heterocycles. The van der Waals surface area contributed by atoms with Gasteiger partial charge in [-0.15, -0.1) is 0 Å². The molecule has 0 bridgehead atoms. The van der Waals surface area contributed by atoms with Crippen LogP contribution in [0.3, 0.4) is 0 Å². The summed E-state index contributed by atoms with van der Waals surface area (Å²) in [6.45, 7) is 1.37. The van der Waals surface area contributed by atoms with Crippen LogP contribution in [0.25, 0.3) is 11.0 Å². The van der Waals surface area contributed by atoms with E-state index in [1.807, 2.05) is 29.2 Å². The molecular weight excluding hydrogens is 268 g/mol. The van der Waals surface area contributed by atoms with Crippen molar-refractivity contribution in [2.24, 2.45) is 0 Å². The van der Waals surface area contributed by atoms with Crippen molar-refractivity contribution in [2.45, 2.75) is 18.9 Å². The van der Waals surface area contributed by atoms with Crippen LogP contribution in [-0.2, 0) is 4.79 Å². The maximum absolute atomic E-state index is 12.5. The third-order valence-corrected chi connectivity index (χ3v) is 4.12. The predicted molar refractivity (Wildman–Crippen MR) is 76.7 cm³/mol. The van der Waals surface area contributed by atoms with Crippen molar-refractivity contribution < 1.29 is 9.59 Å². The van der Waals surface area contributed by atoms with Gasteiger partial charge in [-0.25, -0.2) is 4.98 Å². The molecule has 2 fully saturated rings. The van der Waals surface area contributed by atoms with Crippen LogP contribution in [0.4, 0.5) is 0 Å².